The van der Waals surface area contributed by atoms with Crippen molar-refractivity contribution in [3.05, 3.63) is 34.4 Å². The highest BCUT2D eigenvalue weighted by atomic mass is 16.6. The molecule has 0 N–H and O–H groups in total. The van der Waals surface area contributed by atoms with Crippen molar-refractivity contribution >= 4 is 11.4 Å². The summed E-state index contributed by atoms with van der Waals surface area (Å²) >= 11 is 0. The van der Waals surface area contributed by atoms with E-state index in [-0.39, 0.29) is 10.6 Å². The maximum absolute atomic E-state index is 10.6. The van der Waals surface area contributed by atoms with Crippen molar-refractivity contribution in [3.63, 3.8) is 0 Å². The standard InChI is InChI=1S/C13H20N3O2/c1-16(2,3)13-8-9-14(10-13)11-4-6-12(7-5-11)15(17)18/h4-7,13H,8-10H2,1-3H3/q+1. The average molecular weight is 250 g/mol. The van der Waals surface area contributed by atoms with Crippen LogP contribution in [0.4, 0.5) is 11.4 Å². The number of quaternary nitrogens is 1. The van der Waals surface area contributed by atoms with E-state index in [1.165, 1.54) is 6.42 Å². The molecule has 0 spiro atoms. The van der Waals surface area contributed by atoms with Gasteiger partial charge < -0.3 is 9.38 Å². The van der Waals surface area contributed by atoms with Crippen molar-refractivity contribution in [2.75, 3.05) is 39.1 Å². The van der Waals surface area contributed by atoms with Gasteiger partial charge in [-0.1, -0.05) is 0 Å². The lowest BCUT2D eigenvalue weighted by atomic mass is 10.2. The lowest BCUT2D eigenvalue weighted by Crippen LogP contribution is -2.46. The molecule has 1 atom stereocenters. The minimum atomic E-state index is -0.359. The van der Waals surface area contributed by atoms with Gasteiger partial charge >= 0.3 is 0 Å². The van der Waals surface area contributed by atoms with Crippen molar-refractivity contribution in [3.8, 4) is 0 Å². The number of nitro groups is 1. The van der Waals surface area contributed by atoms with Gasteiger partial charge in [0.1, 0.15) is 6.04 Å². The molecular weight excluding hydrogens is 230 g/mol. The molecule has 18 heavy (non-hydrogen) atoms. The molecular formula is C13H20N3O2+. The Kier molecular flexibility index (Phi) is 3.26. The molecule has 1 aromatic carbocycles. The predicted octanol–water partition coefficient (Wildman–Crippen LogP) is 1.88. The Balaban J connectivity index is 2.08. The molecule has 0 aliphatic carbocycles. The number of likely N-dealkylation sites (N-methyl/N-ethyl adjacent to an activating group) is 1. The van der Waals surface area contributed by atoms with Gasteiger partial charge in [-0.15, -0.1) is 0 Å². The summed E-state index contributed by atoms with van der Waals surface area (Å²) in [6.07, 6.45) is 1.17. The molecule has 1 aliphatic heterocycles. The summed E-state index contributed by atoms with van der Waals surface area (Å²) in [5.41, 5.74) is 1.23. The molecule has 1 aliphatic rings. The van der Waals surface area contributed by atoms with Crippen LogP contribution in [0.5, 0.6) is 0 Å². The van der Waals surface area contributed by atoms with Crippen LogP contribution in [-0.4, -0.2) is 49.7 Å². The summed E-state index contributed by atoms with van der Waals surface area (Å²) in [6, 6.07) is 7.47. The molecule has 0 radical (unpaired) electrons. The molecule has 5 heteroatoms. The molecule has 98 valence electrons. The van der Waals surface area contributed by atoms with Crippen LogP contribution in [-0.2, 0) is 0 Å². The van der Waals surface area contributed by atoms with Gasteiger partial charge in [0.05, 0.1) is 32.6 Å². The third-order valence-corrected chi connectivity index (χ3v) is 3.68. The number of rotatable bonds is 3. The second kappa shape index (κ2) is 4.57. The van der Waals surface area contributed by atoms with Crippen LogP contribution in [0.1, 0.15) is 6.42 Å². The van der Waals surface area contributed by atoms with Crippen LogP contribution in [0.2, 0.25) is 0 Å². The van der Waals surface area contributed by atoms with Gasteiger partial charge in [-0.3, -0.25) is 10.1 Å². The Morgan fingerprint density at radius 1 is 1.28 bits per heavy atom. The van der Waals surface area contributed by atoms with Crippen LogP contribution < -0.4 is 4.90 Å². The lowest BCUT2D eigenvalue weighted by molar-refractivity contribution is -0.893. The fourth-order valence-electron chi connectivity index (χ4n) is 2.39. The molecule has 0 saturated carbocycles. The number of hydrogen-bond acceptors (Lipinski definition) is 3. The average Bonchev–Trinajstić information content (AvgIpc) is 2.78. The van der Waals surface area contributed by atoms with E-state index < -0.39 is 0 Å². The van der Waals surface area contributed by atoms with Crippen LogP contribution >= 0.6 is 0 Å². The van der Waals surface area contributed by atoms with Crippen molar-refractivity contribution in [2.24, 2.45) is 0 Å². The first-order chi connectivity index (χ1) is 8.38. The topological polar surface area (TPSA) is 46.4 Å². The fourth-order valence-corrected chi connectivity index (χ4v) is 2.39. The summed E-state index contributed by atoms with van der Waals surface area (Å²) in [7, 11) is 6.64. The van der Waals surface area contributed by atoms with Gasteiger partial charge in [-0.25, -0.2) is 0 Å². The number of non-ortho nitro benzene ring substituents is 1. The van der Waals surface area contributed by atoms with Crippen LogP contribution in [0, 0.1) is 10.1 Å². The van der Waals surface area contributed by atoms with E-state index in [4.69, 9.17) is 0 Å². The second-order valence-corrected chi connectivity index (χ2v) is 5.78. The van der Waals surface area contributed by atoms with Gasteiger partial charge in [0, 0.05) is 30.8 Å². The SMILES string of the molecule is C[N+](C)(C)C1CCN(c2ccc([N+](=O)[O-])cc2)C1. The zero-order chi connectivity index (χ0) is 13.3. The number of anilines is 1. The van der Waals surface area contributed by atoms with Gasteiger partial charge in [-0.2, -0.15) is 0 Å². The van der Waals surface area contributed by atoms with E-state index >= 15 is 0 Å². The summed E-state index contributed by atoms with van der Waals surface area (Å²) in [5.74, 6) is 0. The van der Waals surface area contributed by atoms with Gasteiger partial charge in [0.25, 0.3) is 5.69 Å². The number of hydrogen-bond donors (Lipinski definition) is 0. The van der Waals surface area contributed by atoms with E-state index in [0.717, 1.165) is 23.3 Å². The molecule has 0 aromatic heterocycles. The van der Waals surface area contributed by atoms with E-state index in [2.05, 4.69) is 26.0 Å². The molecule has 0 amide bonds. The molecule has 1 unspecified atom stereocenters. The maximum Gasteiger partial charge on any atom is 0.269 e. The minimum Gasteiger partial charge on any atom is -0.365 e. The van der Waals surface area contributed by atoms with Gasteiger partial charge in [0.2, 0.25) is 0 Å². The van der Waals surface area contributed by atoms with Crippen molar-refractivity contribution in [1.29, 1.82) is 0 Å². The van der Waals surface area contributed by atoms with E-state index in [1.54, 1.807) is 12.1 Å². The molecule has 1 heterocycles. The Morgan fingerprint density at radius 2 is 1.89 bits per heavy atom. The predicted molar refractivity (Wildman–Crippen MR) is 71.7 cm³/mol. The van der Waals surface area contributed by atoms with E-state index in [9.17, 15) is 10.1 Å². The monoisotopic (exact) mass is 250 g/mol. The Bertz CT molecular complexity index is 437. The smallest absolute Gasteiger partial charge is 0.269 e. The highest BCUT2D eigenvalue weighted by molar-refractivity contribution is 5.51. The third kappa shape index (κ3) is 2.61. The summed E-state index contributed by atoms with van der Waals surface area (Å²) in [6.45, 7) is 2.04. The van der Waals surface area contributed by atoms with Crippen molar-refractivity contribution in [1.82, 2.24) is 0 Å². The van der Waals surface area contributed by atoms with E-state index in [1.807, 2.05) is 12.1 Å². The molecule has 1 aromatic rings. The summed E-state index contributed by atoms with van der Waals surface area (Å²) < 4.78 is 0.962. The number of nitro benzene ring substituents is 1. The first-order valence-electron chi connectivity index (χ1n) is 6.18. The minimum absolute atomic E-state index is 0.154. The van der Waals surface area contributed by atoms with Crippen molar-refractivity contribution < 1.29 is 9.41 Å². The zero-order valence-corrected chi connectivity index (χ0v) is 11.2. The summed E-state index contributed by atoms with van der Waals surface area (Å²) in [4.78, 5) is 12.6. The summed E-state index contributed by atoms with van der Waals surface area (Å²) in [5, 5.41) is 10.6. The largest absolute Gasteiger partial charge is 0.365 e. The second-order valence-electron chi connectivity index (χ2n) is 5.78. The Hall–Kier alpha value is -1.62. The highest BCUT2D eigenvalue weighted by Gasteiger charge is 2.32. The Labute approximate surface area is 107 Å². The first-order valence-corrected chi connectivity index (χ1v) is 6.18. The fraction of sp³-hybridized carbons (Fsp3) is 0.538. The molecule has 0 bridgehead atoms. The lowest BCUT2D eigenvalue weighted by Gasteiger charge is -2.31. The number of nitrogens with zero attached hydrogens (tertiary/aromatic N) is 3. The van der Waals surface area contributed by atoms with Gasteiger partial charge in [-0.05, 0) is 12.1 Å². The Morgan fingerprint density at radius 3 is 2.33 bits per heavy atom. The first kappa shape index (κ1) is 12.8. The van der Waals surface area contributed by atoms with Crippen LogP contribution in [0.15, 0.2) is 24.3 Å². The molecule has 1 fully saturated rings. The van der Waals surface area contributed by atoms with Gasteiger partial charge in [0.15, 0.2) is 0 Å². The quantitative estimate of drug-likeness (QED) is 0.467. The highest BCUT2D eigenvalue weighted by Crippen LogP contribution is 2.25. The number of benzene rings is 1. The molecule has 2 rings (SSSR count). The maximum atomic E-state index is 10.6. The van der Waals surface area contributed by atoms with Crippen molar-refractivity contribution in [2.45, 2.75) is 12.5 Å². The molecule has 1 saturated heterocycles. The third-order valence-electron chi connectivity index (χ3n) is 3.68. The normalized spacial score (nSPS) is 20.2. The van der Waals surface area contributed by atoms with E-state index in [0.29, 0.717) is 6.04 Å². The molecule has 5 nitrogen and oxygen atoms in total. The van der Waals surface area contributed by atoms with Crippen LogP contribution in [0.25, 0.3) is 0 Å². The van der Waals surface area contributed by atoms with Crippen LogP contribution in [0.3, 0.4) is 0 Å². The zero-order valence-electron chi connectivity index (χ0n) is 11.2.